The number of nitrogens with two attached hydrogens (primary N) is 1. The van der Waals surface area contributed by atoms with E-state index in [1.165, 1.54) is 32.1 Å². The molecule has 1 heterocycles. The van der Waals surface area contributed by atoms with Crippen molar-refractivity contribution in [3.63, 3.8) is 0 Å². The van der Waals surface area contributed by atoms with Gasteiger partial charge in [-0.2, -0.15) is 0 Å². The van der Waals surface area contributed by atoms with Gasteiger partial charge in [0.2, 0.25) is 0 Å². The maximum Gasteiger partial charge on any atom is 0.0702 e. The summed E-state index contributed by atoms with van der Waals surface area (Å²) < 4.78 is 5.75. The van der Waals surface area contributed by atoms with Crippen LogP contribution in [0.4, 0.5) is 0 Å². The molecule has 1 saturated carbocycles. The van der Waals surface area contributed by atoms with Gasteiger partial charge in [0.1, 0.15) is 0 Å². The Bertz CT molecular complexity index is 165. The zero-order valence-electron chi connectivity index (χ0n) is 8.95. The van der Waals surface area contributed by atoms with E-state index in [9.17, 15) is 0 Å². The van der Waals surface area contributed by atoms with Crippen molar-refractivity contribution in [3.8, 4) is 0 Å². The largest absolute Gasteiger partial charge is 0.377 e. The molecule has 1 atom stereocenters. The van der Waals surface area contributed by atoms with Gasteiger partial charge in [-0.15, -0.1) is 0 Å². The highest BCUT2D eigenvalue weighted by atomic mass is 16.5. The molecule has 0 spiro atoms. The van der Waals surface area contributed by atoms with Crippen molar-refractivity contribution in [3.05, 3.63) is 0 Å². The zero-order valence-corrected chi connectivity index (χ0v) is 8.95. The molecule has 0 bridgehead atoms. The molecule has 0 radical (unpaired) electrons. The van der Waals surface area contributed by atoms with Crippen LogP contribution >= 0.6 is 0 Å². The molecular weight excluding hydrogens is 176 g/mol. The first-order valence-electron chi connectivity index (χ1n) is 5.96. The Morgan fingerprint density at radius 3 is 2.64 bits per heavy atom. The van der Waals surface area contributed by atoms with E-state index in [1.807, 2.05) is 0 Å². The van der Waals surface area contributed by atoms with Crippen LogP contribution < -0.4 is 5.73 Å². The molecule has 0 aromatic rings. The van der Waals surface area contributed by atoms with E-state index >= 15 is 0 Å². The molecule has 2 fully saturated rings. The van der Waals surface area contributed by atoms with Gasteiger partial charge in [0.25, 0.3) is 0 Å². The SMILES string of the molecule is NCCN(CC1CCCCO1)C1CC1. The first kappa shape index (κ1) is 10.4. The minimum Gasteiger partial charge on any atom is -0.377 e. The minimum atomic E-state index is 0.482. The average molecular weight is 198 g/mol. The maximum absolute atomic E-state index is 5.75. The van der Waals surface area contributed by atoms with Crippen LogP contribution in [0.2, 0.25) is 0 Å². The highest BCUT2D eigenvalue weighted by Crippen LogP contribution is 2.27. The van der Waals surface area contributed by atoms with Gasteiger partial charge in [0, 0.05) is 32.3 Å². The average Bonchev–Trinajstić information content (AvgIpc) is 3.02. The van der Waals surface area contributed by atoms with Gasteiger partial charge in [0.15, 0.2) is 0 Å². The molecule has 1 aliphatic carbocycles. The van der Waals surface area contributed by atoms with Crippen molar-refractivity contribution in [2.45, 2.75) is 44.2 Å². The van der Waals surface area contributed by atoms with E-state index in [0.717, 1.165) is 32.3 Å². The van der Waals surface area contributed by atoms with Crippen LogP contribution in [0, 0.1) is 0 Å². The van der Waals surface area contributed by atoms with Gasteiger partial charge >= 0.3 is 0 Å². The Morgan fingerprint density at radius 2 is 2.07 bits per heavy atom. The van der Waals surface area contributed by atoms with Crippen molar-refractivity contribution in [2.24, 2.45) is 5.73 Å². The predicted octanol–water partition coefficient (Wildman–Crippen LogP) is 0.979. The summed E-state index contributed by atoms with van der Waals surface area (Å²) in [5.74, 6) is 0. The second-order valence-electron chi connectivity index (χ2n) is 4.50. The molecule has 0 aromatic heterocycles. The summed E-state index contributed by atoms with van der Waals surface area (Å²) in [5, 5.41) is 0. The number of hydrogen-bond donors (Lipinski definition) is 1. The van der Waals surface area contributed by atoms with Gasteiger partial charge in [-0.25, -0.2) is 0 Å². The molecule has 82 valence electrons. The fraction of sp³-hybridized carbons (Fsp3) is 1.00. The second-order valence-corrected chi connectivity index (χ2v) is 4.50. The number of hydrogen-bond acceptors (Lipinski definition) is 3. The van der Waals surface area contributed by atoms with Gasteiger partial charge in [-0.1, -0.05) is 0 Å². The molecule has 0 aromatic carbocycles. The summed E-state index contributed by atoms with van der Waals surface area (Å²) in [7, 11) is 0. The fourth-order valence-electron chi connectivity index (χ4n) is 2.24. The number of nitrogens with zero attached hydrogens (tertiary/aromatic N) is 1. The highest BCUT2D eigenvalue weighted by molar-refractivity contribution is 4.86. The summed E-state index contributed by atoms with van der Waals surface area (Å²) in [6, 6.07) is 0.823. The van der Waals surface area contributed by atoms with Gasteiger partial charge in [-0.3, -0.25) is 4.90 Å². The Hall–Kier alpha value is -0.120. The van der Waals surface area contributed by atoms with Gasteiger partial charge < -0.3 is 10.5 Å². The lowest BCUT2D eigenvalue weighted by atomic mass is 10.1. The predicted molar refractivity (Wildman–Crippen MR) is 57.2 cm³/mol. The van der Waals surface area contributed by atoms with Crippen molar-refractivity contribution < 1.29 is 4.74 Å². The molecule has 3 heteroatoms. The third-order valence-corrected chi connectivity index (χ3v) is 3.19. The molecule has 14 heavy (non-hydrogen) atoms. The zero-order chi connectivity index (χ0) is 9.80. The second kappa shape index (κ2) is 5.10. The third-order valence-electron chi connectivity index (χ3n) is 3.19. The first-order chi connectivity index (χ1) is 6.90. The summed E-state index contributed by atoms with van der Waals surface area (Å²) in [6.07, 6.45) is 7.05. The molecule has 0 amide bonds. The van der Waals surface area contributed by atoms with Gasteiger partial charge in [-0.05, 0) is 32.1 Å². The lowest BCUT2D eigenvalue weighted by Crippen LogP contribution is -2.39. The van der Waals surface area contributed by atoms with E-state index in [4.69, 9.17) is 10.5 Å². The van der Waals surface area contributed by atoms with Crippen LogP contribution in [0.1, 0.15) is 32.1 Å². The third kappa shape index (κ3) is 2.94. The van der Waals surface area contributed by atoms with Crippen LogP contribution in [0.15, 0.2) is 0 Å². The minimum absolute atomic E-state index is 0.482. The Kier molecular flexibility index (Phi) is 3.79. The summed E-state index contributed by atoms with van der Waals surface area (Å²) in [6.45, 7) is 3.90. The lowest BCUT2D eigenvalue weighted by molar-refractivity contribution is -0.00668. The van der Waals surface area contributed by atoms with Crippen molar-refractivity contribution in [1.29, 1.82) is 0 Å². The van der Waals surface area contributed by atoms with E-state index in [-0.39, 0.29) is 0 Å². The Balaban J connectivity index is 1.73. The summed E-state index contributed by atoms with van der Waals surface area (Å²) >= 11 is 0. The van der Waals surface area contributed by atoms with Crippen molar-refractivity contribution in [2.75, 3.05) is 26.2 Å². The fourth-order valence-corrected chi connectivity index (χ4v) is 2.24. The molecule has 1 saturated heterocycles. The van der Waals surface area contributed by atoms with E-state index in [1.54, 1.807) is 0 Å². The summed E-state index contributed by atoms with van der Waals surface area (Å²) in [5.41, 5.74) is 5.62. The number of rotatable bonds is 5. The molecular formula is C11H22N2O. The normalized spacial score (nSPS) is 28.3. The van der Waals surface area contributed by atoms with Gasteiger partial charge in [0.05, 0.1) is 6.10 Å². The first-order valence-corrected chi connectivity index (χ1v) is 5.96. The van der Waals surface area contributed by atoms with Crippen LogP contribution in [0.3, 0.4) is 0 Å². The topological polar surface area (TPSA) is 38.5 Å². The number of ether oxygens (including phenoxy) is 1. The van der Waals surface area contributed by atoms with Crippen molar-refractivity contribution in [1.82, 2.24) is 4.90 Å². The Morgan fingerprint density at radius 1 is 1.21 bits per heavy atom. The van der Waals surface area contributed by atoms with E-state index in [2.05, 4.69) is 4.90 Å². The van der Waals surface area contributed by atoms with Crippen LogP contribution in [-0.2, 0) is 4.74 Å². The highest BCUT2D eigenvalue weighted by Gasteiger charge is 2.30. The molecule has 1 aliphatic heterocycles. The Labute approximate surface area is 86.6 Å². The van der Waals surface area contributed by atoms with E-state index in [0.29, 0.717) is 6.10 Å². The lowest BCUT2D eigenvalue weighted by Gasteiger charge is -2.29. The maximum atomic E-state index is 5.75. The van der Waals surface area contributed by atoms with Crippen molar-refractivity contribution >= 4 is 0 Å². The van der Waals surface area contributed by atoms with Crippen LogP contribution in [0.25, 0.3) is 0 Å². The summed E-state index contributed by atoms with van der Waals surface area (Å²) in [4.78, 5) is 2.52. The molecule has 1 unspecified atom stereocenters. The standard InChI is InChI=1S/C11H22N2O/c12-6-7-13(10-4-5-10)9-11-3-1-2-8-14-11/h10-11H,1-9,12H2. The molecule has 2 rings (SSSR count). The monoisotopic (exact) mass is 198 g/mol. The molecule has 2 aliphatic rings. The smallest absolute Gasteiger partial charge is 0.0702 e. The van der Waals surface area contributed by atoms with Crippen LogP contribution in [0.5, 0.6) is 0 Å². The molecule has 2 N–H and O–H groups in total. The quantitative estimate of drug-likeness (QED) is 0.715. The van der Waals surface area contributed by atoms with Crippen LogP contribution in [-0.4, -0.2) is 43.3 Å². The molecule has 3 nitrogen and oxygen atoms in total. The van der Waals surface area contributed by atoms with E-state index < -0.39 is 0 Å².